The first-order chi connectivity index (χ1) is 14.9. The number of carbonyl (C=O) groups is 3. The van der Waals surface area contributed by atoms with Crippen LogP contribution >= 0.6 is 0 Å². The van der Waals surface area contributed by atoms with Gasteiger partial charge in [0, 0.05) is 18.8 Å². The average Bonchev–Trinajstić information content (AvgIpc) is 3.45. The van der Waals surface area contributed by atoms with Crippen molar-refractivity contribution < 1.29 is 22.8 Å². The summed E-state index contributed by atoms with van der Waals surface area (Å²) in [5.41, 5.74) is 0.420. The van der Waals surface area contributed by atoms with Crippen LogP contribution in [0.25, 0.3) is 0 Å². The lowest BCUT2D eigenvalue weighted by atomic mass is 9.85. The number of rotatable bonds is 5. The van der Waals surface area contributed by atoms with E-state index >= 15 is 0 Å². The second-order valence-corrected chi connectivity index (χ2v) is 10.7. The van der Waals surface area contributed by atoms with E-state index in [0.29, 0.717) is 18.8 Å². The van der Waals surface area contributed by atoms with Gasteiger partial charge >= 0.3 is 0 Å². The molecular formula is C22H25N3O5S. The molecule has 3 fully saturated rings. The minimum Gasteiger partial charge on any atom is -0.325 e. The molecule has 164 valence electrons. The second-order valence-electron chi connectivity index (χ2n) is 8.80. The Morgan fingerprint density at radius 2 is 1.52 bits per heavy atom. The van der Waals surface area contributed by atoms with Crippen molar-refractivity contribution in [3.63, 3.8) is 0 Å². The maximum Gasteiger partial charge on any atom is 0.244 e. The van der Waals surface area contributed by atoms with Crippen molar-refractivity contribution in [1.29, 1.82) is 0 Å². The van der Waals surface area contributed by atoms with E-state index < -0.39 is 15.9 Å². The summed E-state index contributed by atoms with van der Waals surface area (Å²) in [5.74, 6) is -1.43. The minimum absolute atomic E-state index is 0.105. The number of hydrogen-bond acceptors (Lipinski definition) is 5. The Morgan fingerprint density at radius 3 is 2.10 bits per heavy atom. The summed E-state index contributed by atoms with van der Waals surface area (Å²) < 4.78 is 27.0. The highest BCUT2D eigenvalue weighted by molar-refractivity contribution is 7.89. The van der Waals surface area contributed by atoms with Crippen molar-refractivity contribution >= 4 is 33.4 Å². The van der Waals surface area contributed by atoms with Crippen molar-refractivity contribution in [3.8, 4) is 0 Å². The third-order valence-corrected chi connectivity index (χ3v) is 8.87. The molecule has 0 radical (unpaired) electrons. The van der Waals surface area contributed by atoms with Crippen LogP contribution in [0.3, 0.4) is 0 Å². The number of carbonyl (C=O) groups excluding carboxylic acids is 3. The SMILES string of the molecule is O=C(CN1C(=O)[C@@H]2[C@@H](C1=O)[C@H]1C=C[C@H]2C1)Nc1ccc(S(=O)(=O)N2CCCCC2)cc1. The van der Waals surface area contributed by atoms with Crippen molar-refractivity contribution in [2.24, 2.45) is 23.7 Å². The van der Waals surface area contributed by atoms with E-state index in [4.69, 9.17) is 0 Å². The Hall–Kier alpha value is -2.52. The third-order valence-electron chi connectivity index (χ3n) is 6.95. The molecule has 4 aliphatic rings. The maximum atomic E-state index is 12.7. The summed E-state index contributed by atoms with van der Waals surface area (Å²) in [7, 11) is -3.54. The first-order valence-electron chi connectivity index (χ1n) is 10.8. The fourth-order valence-corrected chi connectivity index (χ4v) is 6.95. The number of amides is 3. The Kier molecular flexibility index (Phi) is 4.97. The summed E-state index contributed by atoms with van der Waals surface area (Å²) in [6.07, 6.45) is 7.64. The normalized spacial score (nSPS) is 30.1. The van der Waals surface area contributed by atoms with E-state index in [0.717, 1.165) is 30.6 Å². The van der Waals surface area contributed by atoms with Gasteiger partial charge in [-0.2, -0.15) is 4.31 Å². The fourth-order valence-electron chi connectivity index (χ4n) is 5.43. The van der Waals surface area contributed by atoms with Crippen LogP contribution in [0.2, 0.25) is 0 Å². The maximum absolute atomic E-state index is 12.7. The van der Waals surface area contributed by atoms with Crippen LogP contribution in [0.15, 0.2) is 41.3 Å². The number of allylic oxidation sites excluding steroid dienone is 2. The van der Waals surface area contributed by atoms with Crippen LogP contribution in [0.1, 0.15) is 25.7 Å². The zero-order chi connectivity index (χ0) is 21.8. The highest BCUT2D eigenvalue weighted by Gasteiger charge is 2.59. The van der Waals surface area contributed by atoms with Crippen LogP contribution in [0.4, 0.5) is 5.69 Å². The topological polar surface area (TPSA) is 104 Å². The zero-order valence-corrected chi connectivity index (χ0v) is 17.9. The van der Waals surface area contributed by atoms with Crippen molar-refractivity contribution in [3.05, 3.63) is 36.4 Å². The molecule has 0 aromatic heterocycles. The number of nitrogens with zero attached hydrogens (tertiary/aromatic N) is 2. The molecule has 2 aliphatic carbocycles. The molecule has 3 amide bonds. The van der Waals surface area contributed by atoms with Gasteiger partial charge in [0.15, 0.2) is 0 Å². The number of benzene rings is 1. The molecule has 2 bridgehead atoms. The predicted molar refractivity (Wildman–Crippen MR) is 112 cm³/mol. The van der Waals surface area contributed by atoms with Gasteiger partial charge < -0.3 is 5.32 Å². The molecule has 0 spiro atoms. The van der Waals surface area contributed by atoms with E-state index in [1.165, 1.54) is 28.6 Å². The summed E-state index contributed by atoms with van der Waals surface area (Å²) in [6.45, 7) is 0.730. The van der Waals surface area contributed by atoms with Gasteiger partial charge in [-0.05, 0) is 55.4 Å². The number of anilines is 1. The molecule has 5 rings (SSSR count). The first kappa shape index (κ1) is 20.4. The smallest absolute Gasteiger partial charge is 0.244 e. The van der Waals surface area contributed by atoms with Crippen molar-refractivity contribution in [2.75, 3.05) is 25.0 Å². The average molecular weight is 444 g/mol. The molecule has 8 nitrogen and oxygen atoms in total. The molecule has 9 heteroatoms. The van der Waals surface area contributed by atoms with Crippen LogP contribution in [0, 0.1) is 23.7 Å². The number of hydrogen-bond donors (Lipinski definition) is 1. The lowest BCUT2D eigenvalue weighted by molar-refractivity contribution is -0.143. The quantitative estimate of drug-likeness (QED) is 0.550. The van der Waals surface area contributed by atoms with E-state index in [1.807, 2.05) is 12.2 Å². The third kappa shape index (κ3) is 3.40. The number of fused-ring (bicyclic) bond motifs is 5. The van der Waals surface area contributed by atoms with Gasteiger partial charge in [-0.25, -0.2) is 8.42 Å². The van der Waals surface area contributed by atoms with E-state index in [9.17, 15) is 22.8 Å². The second kappa shape index (κ2) is 7.56. The van der Waals surface area contributed by atoms with Gasteiger partial charge in [0.05, 0.1) is 16.7 Å². The highest BCUT2D eigenvalue weighted by Crippen LogP contribution is 2.52. The lowest BCUT2D eigenvalue weighted by Gasteiger charge is -2.25. The van der Waals surface area contributed by atoms with Crippen LogP contribution in [-0.4, -0.2) is 55.0 Å². The molecule has 2 heterocycles. The molecule has 1 saturated carbocycles. The summed E-state index contributed by atoms with van der Waals surface area (Å²) in [6, 6.07) is 6.00. The van der Waals surface area contributed by atoms with E-state index in [2.05, 4.69) is 5.32 Å². The van der Waals surface area contributed by atoms with Gasteiger partial charge in [-0.1, -0.05) is 18.6 Å². The Balaban J connectivity index is 1.22. The van der Waals surface area contributed by atoms with E-state index in [-0.39, 0.29) is 46.9 Å². The number of nitrogens with one attached hydrogen (secondary N) is 1. The number of sulfonamides is 1. The van der Waals surface area contributed by atoms with E-state index in [1.54, 1.807) is 0 Å². The summed E-state index contributed by atoms with van der Waals surface area (Å²) in [5, 5.41) is 2.66. The molecule has 1 aromatic carbocycles. The molecule has 2 aliphatic heterocycles. The molecule has 31 heavy (non-hydrogen) atoms. The summed E-state index contributed by atoms with van der Waals surface area (Å²) >= 11 is 0. The van der Waals surface area contributed by atoms with Gasteiger partial charge in [0.2, 0.25) is 27.7 Å². The Bertz CT molecular complexity index is 1030. The standard InChI is InChI=1S/C22H25N3O5S/c26-18(13-25-21(27)19-14-4-5-15(12-14)20(19)22(25)28)23-16-6-8-17(9-7-16)31(29,30)24-10-2-1-3-11-24/h4-9,14-15,19-20H,1-3,10-13H2,(H,23,26)/t14-,15-,19-,20-/m0/s1. The van der Waals surface area contributed by atoms with Crippen LogP contribution in [0.5, 0.6) is 0 Å². The molecule has 0 unspecified atom stereocenters. The van der Waals surface area contributed by atoms with Gasteiger partial charge in [-0.3, -0.25) is 19.3 Å². The van der Waals surface area contributed by atoms with Crippen molar-refractivity contribution in [2.45, 2.75) is 30.6 Å². The molecule has 1 aromatic rings. The first-order valence-corrected chi connectivity index (χ1v) is 12.2. The van der Waals surface area contributed by atoms with Crippen LogP contribution < -0.4 is 5.32 Å². The fraction of sp³-hybridized carbons (Fsp3) is 0.500. The lowest BCUT2D eigenvalue weighted by Crippen LogP contribution is -2.39. The van der Waals surface area contributed by atoms with Gasteiger partial charge in [0.1, 0.15) is 6.54 Å². The monoisotopic (exact) mass is 443 g/mol. The molecule has 2 saturated heterocycles. The predicted octanol–water partition coefficient (Wildman–Crippen LogP) is 1.61. The number of piperidine rings is 1. The zero-order valence-electron chi connectivity index (χ0n) is 17.1. The van der Waals surface area contributed by atoms with Gasteiger partial charge in [-0.15, -0.1) is 0 Å². The van der Waals surface area contributed by atoms with Crippen molar-refractivity contribution in [1.82, 2.24) is 9.21 Å². The Labute approximate surface area is 181 Å². The highest BCUT2D eigenvalue weighted by atomic mass is 32.2. The molecule has 4 atom stereocenters. The number of likely N-dealkylation sites (tertiary alicyclic amines) is 1. The molecule has 1 N–H and O–H groups in total. The van der Waals surface area contributed by atoms with Gasteiger partial charge in [0.25, 0.3) is 0 Å². The minimum atomic E-state index is -3.54. The largest absolute Gasteiger partial charge is 0.325 e. The summed E-state index contributed by atoms with van der Waals surface area (Å²) in [4.78, 5) is 39.2. The van der Waals surface area contributed by atoms with Crippen LogP contribution in [-0.2, 0) is 24.4 Å². The number of imide groups is 1. The molecular weight excluding hydrogens is 418 g/mol. The Morgan fingerprint density at radius 1 is 0.935 bits per heavy atom.